The van der Waals surface area contributed by atoms with Crippen LogP contribution in [0.15, 0.2) is 11.6 Å². The van der Waals surface area contributed by atoms with Gasteiger partial charge in [0.25, 0.3) is 0 Å². The quantitative estimate of drug-likeness (QED) is 0.340. The molecule has 1 saturated heterocycles. The van der Waals surface area contributed by atoms with E-state index in [4.69, 9.17) is 4.74 Å². The summed E-state index contributed by atoms with van der Waals surface area (Å²) in [6.07, 6.45) is 5.86. The van der Waals surface area contributed by atoms with Crippen LogP contribution in [0.25, 0.3) is 0 Å². The Bertz CT molecular complexity index is 137. The summed E-state index contributed by atoms with van der Waals surface area (Å²) in [6.45, 7) is 2.18. The molecule has 1 nitrogen and oxygen atoms in total. The van der Waals surface area contributed by atoms with Gasteiger partial charge in [0.15, 0.2) is 0 Å². The Balaban J connectivity index is 2.10. The van der Waals surface area contributed by atoms with Gasteiger partial charge in [-0.25, -0.2) is 0 Å². The zero-order chi connectivity index (χ0) is 5.56. The standard InChI is InChI=1S/C7H10O/c1-5-2-3-6-7(4-5)8-6/h2,6-7H,3-4H2,1H3. The molecule has 0 aromatic rings. The lowest BCUT2D eigenvalue weighted by atomic mass is 10.0. The molecule has 0 spiro atoms. The molecular formula is C7H10O. The van der Waals surface area contributed by atoms with E-state index in [0.717, 1.165) is 6.42 Å². The van der Waals surface area contributed by atoms with Crippen molar-refractivity contribution in [3.8, 4) is 0 Å². The van der Waals surface area contributed by atoms with Gasteiger partial charge in [0, 0.05) is 0 Å². The summed E-state index contributed by atoms with van der Waals surface area (Å²) in [5.74, 6) is 0. The second-order valence-electron chi connectivity index (χ2n) is 2.70. The Morgan fingerprint density at radius 1 is 1.62 bits per heavy atom. The van der Waals surface area contributed by atoms with Crippen LogP contribution < -0.4 is 0 Å². The first-order chi connectivity index (χ1) is 3.86. The van der Waals surface area contributed by atoms with Gasteiger partial charge in [-0.05, 0) is 19.8 Å². The van der Waals surface area contributed by atoms with Gasteiger partial charge in [-0.3, -0.25) is 0 Å². The van der Waals surface area contributed by atoms with E-state index in [0.29, 0.717) is 12.2 Å². The van der Waals surface area contributed by atoms with Crippen LogP contribution in [0, 0.1) is 0 Å². The van der Waals surface area contributed by atoms with Crippen molar-refractivity contribution >= 4 is 0 Å². The Morgan fingerprint density at radius 3 is 3.12 bits per heavy atom. The molecule has 1 heteroatoms. The van der Waals surface area contributed by atoms with E-state index >= 15 is 0 Å². The van der Waals surface area contributed by atoms with E-state index < -0.39 is 0 Å². The summed E-state index contributed by atoms with van der Waals surface area (Å²) in [6, 6.07) is 0. The second kappa shape index (κ2) is 1.35. The van der Waals surface area contributed by atoms with E-state index in [2.05, 4.69) is 13.0 Å². The molecule has 8 heavy (non-hydrogen) atoms. The maximum absolute atomic E-state index is 5.30. The van der Waals surface area contributed by atoms with Crippen LogP contribution in [0.1, 0.15) is 19.8 Å². The molecule has 0 aromatic heterocycles. The number of ether oxygens (including phenoxy) is 1. The molecule has 1 aliphatic heterocycles. The van der Waals surface area contributed by atoms with E-state index in [9.17, 15) is 0 Å². The summed E-state index contributed by atoms with van der Waals surface area (Å²) in [5.41, 5.74) is 1.50. The van der Waals surface area contributed by atoms with E-state index in [1.165, 1.54) is 12.0 Å². The van der Waals surface area contributed by atoms with Crippen LogP contribution in [0.4, 0.5) is 0 Å². The second-order valence-corrected chi connectivity index (χ2v) is 2.70. The first-order valence-corrected chi connectivity index (χ1v) is 3.17. The summed E-state index contributed by atoms with van der Waals surface area (Å²) >= 11 is 0. The van der Waals surface area contributed by atoms with Gasteiger partial charge in [-0.15, -0.1) is 0 Å². The molecule has 44 valence electrons. The highest BCUT2D eigenvalue weighted by atomic mass is 16.6. The van der Waals surface area contributed by atoms with Gasteiger partial charge >= 0.3 is 0 Å². The predicted octanol–water partition coefficient (Wildman–Crippen LogP) is 1.49. The Kier molecular flexibility index (Phi) is 0.770. The van der Waals surface area contributed by atoms with Crippen molar-refractivity contribution in [1.29, 1.82) is 0 Å². The Labute approximate surface area is 49.3 Å². The minimum atomic E-state index is 0.610. The fourth-order valence-electron chi connectivity index (χ4n) is 1.28. The normalized spacial score (nSPS) is 42.9. The molecule has 0 saturated carbocycles. The van der Waals surface area contributed by atoms with E-state index in [-0.39, 0.29) is 0 Å². The number of epoxide rings is 1. The Morgan fingerprint density at radius 2 is 2.50 bits per heavy atom. The predicted molar refractivity (Wildman–Crippen MR) is 31.7 cm³/mol. The molecule has 0 radical (unpaired) electrons. The minimum Gasteiger partial charge on any atom is -0.369 e. The van der Waals surface area contributed by atoms with Crippen LogP contribution in [0.5, 0.6) is 0 Å². The molecule has 1 aliphatic carbocycles. The van der Waals surface area contributed by atoms with Gasteiger partial charge in [0.2, 0.25) is 0 Å². The van der Waals surface area contributed by atoms with Gasteiger partial charge in [0.1, 0.15) is 0 Å². The maximum atomic E-state index is 5.30. The van der Waals surface area contributed by atoms with Crippen molar-refractivity contribution in [2.75, 3.05) is 0 Å². The highest BCUT2D eigenvalue weighted by molar-refractivity contribution is 5.12. The summed E-state index contributed by atoms with van der Waals surface area (Å²) in [7, 11) is 0. The number of hydrogen-bond donors (Lipinski definition) is 0. The number of hydrogen-bond acceptors (Lipinski definition) is 1. The molecule has 2 unspecified atom stereocenters. The van der Waals surface area contributed by atoms with E-state index in [1.54, 1.807) is 0 Å². The van der Waals surface area contributed by atoms with Crippen LogP contribution in [-0.2, 0) is 4.74 Å². The zero-order valence-electron chi connectivity index (χ0n) is 5.05. The molecule has 2 atom stereocenters. The third-order valence-electron chi connectivity index (χ3n) is 1.91. The first-order valence-electron chi connectivity index (χ1n) is 3.17. The molecule has 0 bridgehead atoms. The van der Waals surface area contributed by atoms with Crippen molar-refractivity contribution < 1.29 is 4.74 Å². The van der Waals surface area contributed by atoms with Gasteiger partial charge in [-0.2, -0.15) is 0 Å². The summed E-state index contributed by atoms with van der Waals surface area (Å²) in [5, 5.41) is 0. The fourth-order valence-corrected chi connectivity index (χ4v) is 1.28. The van der Waals surface area contributed by atoms with Gasteiger partial charge in [-0.1, -0.05) is 11.6 Å². The van der Waals surface area contributed by atoms with Crippen molar-refractivity contribution in [3.05, 3.63) is 11.6 Å². The van der Waals surface area contributed by atoms with Gasteiger partial charge < -0.3 is 4.74 Å². The minimum absolute atomic E-state index is 0.610. The van der Waals surface area contributed by atoms with Crippen molar-refractivity contribution in [2.24, 2.45) is 0 Å². The molecule has 0 N–H and O–H groups in total. The first kappa shape index (κ1) is 4.57. The van der Waals surface area contributed by atoms with Crippen LogP contribution in [0.3, 0.4) is 0 Å². The largest absolute Gasteiger partial charge is 0.369 e. The molecular weight excluding hydrogens is 100 g/mol. The lowest BCUT2D eigenvalue weighted by Gasteiger charge is -2.00. The van der Waals surface area contributed by atoms with Crippen LogP contribution in [-0.4, -0.2) is 12.2 Å². The Hall–Kier alpha value is -0.300. The SMILES string of the molecule is CC1=CCC2OC2C1. The molecule has 1 fully saturated rings. The summed E-state index contributed by atoms with van der Waals surface area (Å²) < 4.78 is 5.30. The highest BCUT2D eigenvalue weighted by Gasteiger charge is 2.39. The third-order valence-corrected chi connectivity index (χ3v) is 1.91. The third kappa shape index (κ3) is 0.583. The smallest absolute Gasteiger partial charge is 0.0882 e. The zero-order valence-corrected chi connectivity index (χ0v) is 5.05. The van der Waals surface area contributed by atoms with Crippen LogP contribution >= 0.6 is 0 Å². The summed E-state index contributed by atoms with van der Waals surface area (Å²) in [4.78, 5) is 0. The monoisotopic (exact) mass is 110 g/mol. The van der Waals surface area contributed by atoms with E-state index in [1.807, 2.05) is 0 Å². The molecule has 2 rings (SSSR count). The maximum Gasteiger partial charge on any atom is 0.0882 e. The lowest BCUT2D eigenvalue weighted by Crippen LogP contribution is -1.99. The average molecular weight is 110 g/mol. The molecule has 0 amide bonds. The highest BCUT2D eigenvalue weighted by Crippen LogP contribution is 2.35. The number of fused-ring (bicyclic) bond motifs is 1. The average Bonchev–Trinajstić information content (AvgIpc) is 2.43. The van der Waals surface area contributed by atoms with Crippen molar-refractivity contribution in [3.63, 3.8) is 0 Å². The van der Waals surface area contributed by atoms with Crippen molar-refractivity contribution in [1.82, 2.24) is 0 Å². The number of rotatable bonds is 0. The topological polar surface area (TPSA) is 12.5 Å². The molecule has 2 aliphatic rings. The molecule has 0 aromatic carbocycles. The van der Waals surface area contributed by atoms with Crippen LogP contribution in [0.2, 0.25) is 0 Å². The molecule has 1 heterocycles. The van der Waals surface area contributed by atoms with Crippen molar-refractivity contribution in [2.45, 2.75) is 32.0 Å². The van der Waals surface area contributed by atoms with Gasteiger partial charge in [0.05, 0.1) is 12.2 Å². The fraction of sp³-hybridized carbons (Fsp3) is 0.714. The lowest BCUT2D eigenvalue weighted by molar-refractivity contribution is 0.375.